The minimum absolute atomic E-state index is 0.0516. The molecule has 0 atom stereocenters. The summed E-state index contributed by atoms with van der Waals surface area (Å²) in [5.41, 5.74) is 1.45. The van der Waals surface area contributed by atoms with Gasteiger partial charge >= 0.3 is 0 Å². The van der Waals surface area contributed by atoms with Gasteiger partial charge in [-0.25, -0.2) is 0 Å². The van der Waals surface area contributed by atoms with Crippen LogP contribution in [0.15, 0.2) is 41.0 Å². The van der Waals surface area contributed by atoms with Crippen molar-refractivity contribution in [3.8, 4) is 11.5 Å². The first-order valence-electron chi connectivity index (χ1n) is 8.82. The Hall–Kier alpha value is -3.22. The third-order valence-corrected chi connectivity index (χ3v) is 4.78. The maximum absolute atomic E-state index is 12.5. The Labute approximate surface area is 156 Å². The fraction of sp³-hybridized carbons (Fsp3) is 0.300. The Kier molecular flexibility index (Phi) is 4.58. The molecular weight excluding hydrogens is 348 g/mol. The van der Waals surface area contributed by atoms with E-state index in [0.29, 0.717) is 49.0 Å². The van der Waals surface area contributed by atoms with E-state index >= 15 is 0 Å². The highest BCUT2D eigenvalue weighted by Gasteiger charge is 2.25. The Morgan fingerprint density at radius 1 is 1.00 bits per heavy atom. The molecule has 4 rings (SSSR count). The average molecular weight is 368 g/mol. The molecule has 2 aliphatic rings. The molecule has 0 N–H and O–H groups in total. The van der Waals surface area contributed by atoms with Crippen molar-refractivity contribution in [3.63, 3.8) is 0 Å². The number of aryl methyl sites for hydroxylation is 1. The van der Waals surface area contributed by atoms with E-state index in [0.717, 1.165) is 5.56 Å². The number of carbonyl (C=O) groups is 2. The topological polar surface area (TPSA) is 72.2 Å². The molecule has 0 radical (unpaired) electrons. The summed E-state index contributed by atoms with van der Waals surface area (Å²) in [4.78, 5) is 28.4. The highest BCUT2D eigenvalue weighted by molar-refractivity contribution is 5.95. The van der Waals surface area contributed by atoms with E-state index in [9.17, 15) is 9.59 Å². The summed E-state index contributed by atoms with van der Waals surface area (Å²) in [6.07, 6.45) is 4.83. The van der Waals surface area contributed by atoms with Gasteiger partial charge in [0, 0.05) is 32.3 Å². The predicted octanol–water partition coefficient (Wildman–Crippen LogP) is 2.31. The SMILES string of the molecule is Cc1occc1C(=O)N1CCN(C(=O)C=Cc2ccc3c(c2)OCO3)CC1. The van der Waals surface area contributed by atoms with Crippen molar-refractivity contribution in [2.75, 3.05) is 33.0 Å². The zero-order valence-electron chi connectivity index (χ0n) is 15.0. The number of furan rings is 1. The van der Waals surface area contributed by atoms with Crippen LogP contribution in [-0.4, -0.2) is 54.6 Å². The van der Waals surface area contributed by atoms with Gasteiger partial charge in [-0.1, -0.05) is 6.07 Å². The van der Waals surface area contributed by atoms with Gasteiger partial charge in [-0.05, 0) is 36.8 Å². The fourth-order valence-corrected chi connectivity index (χ4v) is 3.20. The molecule has 0 aliphatic carbocycles. The summed E-state index contributed by atoms with van der Waals surface area (Å²) in [5, 5.41) is 0. The molecule has 1 saturated heterocycles. The second kappa shape index (κ2) is 7.19. The van der Waals surface area contributed by atoms with Gasteiger partial charge in [0.05, 0.1) is 11.8 Å². The van der Waals surface area contributed by atoms with Crippen LogP contribution in [0.1, 0.15) is 21.7 Å². The van der Waals surface area contributed by atoms with Gasteiger partial charge in [0.15, 0.2) is 11.5 Å². The van der Waals surface area contributed by atoms with Crippen LogP contribution in [-0.2, 0) is 4.79 Å². The first-order valence-corrected chi connectivity index (χ1v) is 8.82. The Bertz CT molecular complexity index is 894. The molecule has 2 aromatic rings. The highest BCUT2D eigenvalue weighted by atomic mass is 16.7. The summed E-state index contributed by atoms with van der Waals surface area (Å²) in [7, 11) is 0. The smallest absolute Gasteiger partial charge is 0.257 e. The Balaban J connectivity index is 1.33. The minimum Gasteiger partial charge on any atom is -0.469 e. The van der Waals surface area contributed by atoms with Gasteiger partial charge in [-0.15, -0.1) is 0 Å². The Morgan fingerprint density at radius 2 is 1.74 bits per heavy atom. The summed E-state index contributed by atoms with van der Waals surface area (Å²) in [5.74, 6) is 1.90. The third kappa shape index (κ3) is 3.53. The molecule has 27 heavy (non-hydrogen) atoms. The van der Waals surface area contributed by atoms with Gasteiger partial charge in [-0.2, -0.15) is 0 Å². The number of amides is 2. The second-order valence-electron chi connectivity index (χ2n) is 6.45. The van der Waals surface area contributed by atoms with Gasteiger partial charge in [0.1, 0.15) is 5.76 Å². The molecule has 1 aromatic carbocycles. The molecular formula is C20H20N2O5. The van der Waals surface area contributed by atoms with Crippen molar-refractivity contribution in [3.05, 3.63) is 53.5 Å². The number of piperazine rings is 1. The summed E-state index contributed by atoms with van der Waals surface area (Å²) in [6, 6.07) is 7.23. The summed E-state index contributed by atoms with van der Waals surface area (Å²) in [6.45, 7) is 4.02. The molecule has 140 valence electrons. The molecule has 1 aromatic heterocycles. The van der Waals surface area contributed by atoms with Crippen LogP contribution >= 0.6 is 0 Å². The first kappa shape index (κ1) is 17.2. The van der Waals surface area contributed by atoms with E-state index in [2.05, 4.69) is 0 Å². The van der Waals surface area contributed by atoms with Crippen molar-refractivity contribution < 1.29 is 23.5 Å². The number of ether oxygens (including phenoxy) is 2. The fourth-order valence-electron chi connectivity index (χ4n) is 3.20. The van der Waals surface area contributed by atoms with Gasteiger partial charge in [0.2, 0.25) is 12.7 Å². The van der Waals surface area contributed by atoms with Crippen LogP contribution in [0.5, 0.6) is 11.5 Å². The largest absolute Gasteiger partial charge is 0.469 e. The molecule has 0 spiro atoms. The minimum atomic E-state index is -0.0701. The number of hydrogen-bond donors (Lipinski definition) is 0. The van der Waals surface area contributed by atoms with E-state index in [1.807, 2.05) is 18.2 Å². The second-order valence-corrected chi connectivity index (χ2v) is 6.45. The number of benzene rings is 1. The molecule has 7 heteroatoms. The van der Waals surface area contributed by atoms with Crippen molar-refractivity contribution in [1.82, 2.24) is 9.80 Å². The molecule has 2 aliphatic heterocycles. The Morgan fingerprint density at radius 3 is 2.48 bits per heavy atom. The van der Waals surface area contributed by atoms with Gasteiger partial charge in [-0.3, -0.25) is 9.59 Å². The molecule has 0 saturated carbocycles. The lowest BCUT2D eigenvalue weighted by Gasteiger charge is -2.34. The molecule has 0 bridgehead atoms. The maximum Gasteiger partial charge on any atom is 0.257 e. The van der Waals surface area contributed by atoms with Crippen molar-refractivity contribution in [2.45, 2.75) is 6.92 Å². The zero-order chi connectivity index (χ0) is 18.8. The highest BCUT2D eigenvalue weighted by Crippen LogP contribution is 2.32. The third-order valence-electron chi connectivity index (χ3n) is 4.78. The van der Waals surface area contributed by atoms with Crippen molar-refractivity contribution in [1.29, 1.82) is 0 Å². The van der Waals surface area contributed by atoms with Crippen LogP contribution in [0.25, 0.3) is 6.08 Å². The normalized spacial score (nSPS) is 16.2. The maximum atomic E-state index is 12.5. The van der Waals surface area contributed by atoms with Crippen LogP contribution in [0.4, 0.5) is 0 Å². The molecule has 7 nitrogen and oxygen atoms in total. The lowest BCUT2D eigenvalue weighted by molar-refractivity contribution is -0.127. The van der Waals surface area contributed by atoms with E-state index in [-0.39, 0.29) is 18.6 Å². The lowest BCUT2D eigenvalue weighted by atomic mass is 10.1. The number of nitrogens with zero attached hydrogens (tertiary/aromatic N) is 2. The number of fused-ring (bicyclic) bond motifs is 1. The van der Waals surface area contributed by atoms with Crippen molar-refractivity contribution >= 4 is 17.9 Å². The summed E-state index contributed by atoms with van der Waals surface area (Å²) < 4.78 is 15.8. The molecule has 3 heterocycles. The van der Waals surface area contributed by atoms with E-state index < -0.39 is 0 Å². The monoisotopic (exact) mass is 368 g/mol. The first-order chi connectivity index (χ1) is 13.1. The average Bonchev–Trinajstić information content (AvgIpc) is 3.33. The number of hydrogen-bond acceptors (Lipinski definition) is 5. The van der Waals surface area contributed by atoms with E-state index in [4.69, 9.17) is 13.9 Å². The van der Waals surface area contributed by atoms with Crippen LogP contribution in [0.2, 0.25) is 0 Å². The number of rotatable bonds is 3. The standard InChI is InChI=1S/C20H20N2O5/c1-14-16(6-11-25-14)20(24)22-9-7-21(8-10-22)19(23)5-3-15-2-4-17-18(12-15)27-13-26-17/h2-6,11-12H,7-10,13H2,1H3. The molecule has 2 amide bonds. The summed E-state index contributed by atoms with van der Waals surface area (Å²) >= 11 is 0. The van der Waals surface area contributed by atoms with E-state index in [1.54, 1.807) is 34.9 Å². The van der Waals surface area contributed by atoms with Crippen LogP contribution in [0, 0.1) is 6.92 Å². The van der Waals surface area contributed by atoms with Crippen molar-refractivity contribution in [2.24, 2.45) is 0 Å². The molecule has 1 fully saturated rings. The zero-order valence-corrected chi connectivity index (χ0v) is 15.0. The predicted molar refractivity (Wildman–Crippen MR) is 97.5 cm³/mol. The van der Waals surface area contributed by atoms with Crippen LogP contribution in [0.3, 0.4) is 0 Å². The van der Waals surface area contributed by atoms with Gasteiger partial charge in [0.25, 0.3) is 5.91 Å². The number of carbonyl (C=O) groups excluding carboxylic acids is 2. The lowest BCUT2D eigenvalue weighted by Crippen LogP contribution is -2.50. The molecule has 0 unspecified atom stereocenters. The quantitative estimate of drug-likeness (QED) is 0.778. The van der Waals surface area contributed by atoms with E-state index in [1.165, 1.54) is 6.26 Å². The van der Waals surface area contributed by atoms with Gasteiger partial charge < -0.3 is 23.7 Å². The van der Waals surface area contributed by atoms with Crippen LogP contribution < -0.4 is 9.47 Å².